The Kier molecular flexibility index (Phi) is 6.11. The van der Waals surface area contributed by atoms with Crippen LogP contribution in [-0.2, 0) is 9.53 Å². The van der Waals surface area contributed by atoms with Crippen molar-refractivity contribution in [3.8, 4) is 16.9 Å². The van der Waals surface area contributed by atoms with Gasteiger partial charge in [-0.15, -0.1) is 0 Å². The zero-order valence-electron chi connectivity index (χ0n) is 17.3. The number of likely N-dealkylation sites (tertiary alicyclic amines) is 1. The van der Waals surface area contributed by atoms with Crippen molar-refractivity contribution >= 4 is 11.9 Å². The second-order valence-corrected chi connectivity index (χ2v) is 7.49. The molecule has 0 atom stereocenters. The van der Waals surface area contributed by atoms with Gasteiger partial charge in [-0.3, -0.25) is 9.59 Å². The maximum Gasteiger partial charge on any atom is 0.309 e. The van der Waals surface area contributed by atoms with Gasteiger partial charge in [0.25, 0.3) is 5.91 Å². The van der Waals surface area contributed by atoms with Crippen LogP contribution in [0.4, 0.5) is 4.39 Å². The Morgan fingerprint density at radius 3 is 2.39 bits per heavy atom. The summed E-state index contributed by atoms with van der Waals surface area (Å²) in [4.78, 5) is 27.1. The number of piperidine rings is 1. The zero-order valence-corrected chi connectivity index (χ0v) is 17.3. The summed E-state index contributed by atoms with van der Waals surface area (Å²) >= 11 is 0. The summed E-state index contributed by atoms with van der Waals surface area (Å²) in [5.41, 5.74) is 2.51. The molecule has 1 fully saturated rings. The molecule has 0 N–H and O–H groups in total. The van der Waals surface area contributed by atoms with Gasteiger partial charge in [0.05, 0.1) is 23.9 Å². The Labute approximate surface area is 180 Å². The van der Waals surface area contributed by atoms with Crippen LogP contribution < -0.4 is 0 Å². The number of ether oxygens (including phenoxy) is 1. The molecule has 1 aliphatic rings. The second-order valence-electron chi connectivity index (χ2n) is 7.49. The van der Waals surface area contributed by atoms with Gasteiger partial charge in [0.1, 0.15) is 11.5 Å². The van der Waals surface area contributed by atoms with E-state index in [2.05, 4.69) is 5.10 Å². The van der Waals surface area contributed by atoms with E-state index in [0.29, 0.717) is 43.9 Å². The van der Waals surface area contributed by atoms with E-state index in [0.717, 1.165) is 11.3 Å². The molecule has 31 heavy (non-hydrogen) atoms. The van der Waals surface area contributed by atoms with Crippen LogP contribution in [0, 0.1) is 11.7 Å². The molecule has 1 saturated heterocycles. The molecule has 0 unspecified atom stereocenters. The number of amides is 1. The van der Waals surface area contributed by atoms with Crippen molar-refractivity contribution in [2.75, 3.05) is 19.7 Å². The van der Waals surface area contributed by atoms with E-state index in [-0.39, 0.29) is 23.6 Å². The fourth-order valence-corrected chi connectivity index (χ4v) is 3.80. The first kappa shape index (κ1) is 20.8. The Morgan fingerprint density at radius 2 is 1.74 bits per heavy atom. The molecule has 0 aliphatic carbocycles. The van der Waals surface area contributed by atoms with Crippen LogP contribution in [-0.4, -0.2) is 46.3 Å². The van der Waals surface area contributed by atoms with Crippen molar-refractivity contribution in [2.24, 2.45) is 5.92 Å². The molecule has 4 rings (SSSR count). The molecule has 0 spiro atoms. The zero-order chi connectivity index (χ0) is 21.8. The highest BCUT2D eigenvalue weighted by Gasteiger charge is 2.30. The van der Waals surface area contributed by atoms with Gasteiger partial charge in [0, 0.05) is 18.7 Å². The van der Waals surface area contributed by atoms with Crippen LogP contribution in [0.2, 0.25) is 0 Å². The SMILES string of the molecule is CCOC(=O)C1CCN(C(=O)c2cc(-c3ccc(F)cc3)nn2-c2ccccc2)CC1. The van der Waals surface area contributed by atoms with Gasteiger partial charge in [0.2, 0.25) is 0 Å². The average molecular weight is 421 g/mol. The number of rotatable bonds is 5. The Bertz CT molecular complexity index is 1060. The quantitative estimate of drug-likeness (QED) is 0.582. The average Bonchev–Trinajstić information content (AvgIpc) is 3.25. The monoisotopic (exact) mass is 421 g/mol. The van der Waals surface area contributed by atoms with E-state index in [1.807, 2.05) is 30.3 Å². The van der Waals surface area contributed by atoms with Crippen LogP contribution in [0.1, 0.15) is 30.3 Å². The van der Waals surface area contributed by atoms with E-state index in [9.17, 15) is 14.0 Å². The Hall–Kier alpha value is -3.48. The largest absolute Gasteiger partial charge is 0.466 e. The van der Waals surface area contributed by atoms with E-state index in [4.69, 9.17) is 4.74 Å². The highest BCUT2D eigenvalue weighted by atomic mass is 19.1. The second kappa shape index (κ2) is 9.12. The summed E-state index contributed by atoms with van der Waals surface area (Å²) in [5, 5.41) is 4.64. The number of halogens is 1. The Morgan fingerprint density at radius 1 is 1.06 bits per heavy atom. The first-order chi connectivity index (χ1) is 15.1. The summed E-state index contributed by atoms with van der Waals surface area (Å²) in [6.07, 6.45) is 1.16. The van der Waals surface area contributed by atoms with Crippen molar-refractivity contribution in [2.45, 2.75) is 19.8 Å². The highest BCUT2D eigenvalue weighted by Crippen LogP contribution is 2.25. The van der Waals surface area contributed by atoms with Gasteiger partial charge in [-0.25, -0.2) is 9.07 Å². The molecule has 0 saturated carbocycles. The van der Waals surface area contributed by atoms with Crippen LogP contribution in [0.5, 0.6) is 0 Å². The minimum absolute atomic E-state index is 0.146. The number of nitrogens with zero attached hydrogens (tertiary/aromatic N) is 3. The first-order valence-corrected chi connectivity index (χ1v) is 10.4. The predicted octanol–water partition coefficient (Wildman–Crippen LogP) is 4.09. The third-order valence-electron chi connectivity index (χ3n) is 5.47. The normalized spacial score (nSPS) is 14.5. The molecular weight excluding hydrogens is 397 g/mol. The summed E-state index contributed by atoms with van der Waals surface area (Å²) in [5.74, 6) is -0.834. The molecule has 0 radical (unpaired) electrons. The summed E-state index contributed by atoms with van der Waals surface area (Å²) in [6, 6.07) is 17.2. The molecule has 3 aromatic rings. The fourth-order valence-electron chi connectivity index (χ4n) is 3.80. The molecule has 6 nitrogen and oxygen atoms in total. The standard InChI is InChI=1S/C24H24FN3O3/c1-2-31-24(30)18-12-14-27(15-13-18)23(29)22-16-21(17-8-10-19(25)11-9-17)26-28(22)20-6-4-3-5-7-20/h3-11,16,18H,2,12-15H2,1H3. The summed E-state index contributed by atoms with van der Waals surface area (Å²) in [6.45, 7) is 3.11. The minimum atomic E-state index is -0.327. The van der Waals surface area contributed by atoms with Crippen LogP contribution in [0.15, 0.2) is 60.7 Å². The number of hydrogen-bond acceptors (Lipinski definition) is 4. The number of carbonyl (C=O) groups excluding carboxylic acids is 2. The lowest BCUT2D eigenvalue weighted by Crippen LogP contribution is -2.41. The first-order valence-electron chi connectivity index (χ1n) is 10.4. The summed E-state index contributed by atoms with van der Waals surface area (Å²) < 4.78 is 20.1. The molecule has 1 aromatic heterocycles. The molecule has 7 heteroatoms. The summed E-state index contributed by atoms with van der Waals surface area (Å²) in [7, 11) is 0. The van der Waals surface area contributed by atoms with Crippen molar-refractivity contribution in [1.82, 2.24) is 14.7 Å². The number of aromatic nitrogens is 2. The number of para-hydroxylation sites is 1. The maximum atomic E-state index is 13.4. The molecule has 1 amide bonds. The highest BCUT2D eigenvalue weighted by molar-refractivity contribution is 5.94. The van der Waals surface area contributed by atoms with Crippen LogP contribution >= 0.6 is 0 Å². The number of benzene rings is 2. The third-order valence-corrected chi connectivity index (χ3v) is 5.47. The van der Waals surface area contributed by atoms with Crippen LogP contribution in [0.3, 0.4) is 0 Å². The van der Waals surface area contributed by atoms with E-state index in [1.165, 1.54) is 12.1 Å². The number of esters is 1. The van der Waals surface area contributed by atoms with Gasteiger partial charge < -0.3 is 9.64 Å². The minimum Gasteiger partial charge on any atom is -0.466 e. The van der Waals surface area contributed by atoms with Gasteiger partial charge in [-0.2, -0.15) is 5.10 Å². The van der Waals surface area contributed by atoms with Crippen molar-refractivity contribution < 1.29 is 18.7 Å². The lowest BCUT2D eigenvalue weighted by atomic mass is 9.97. The van der Waals surface area contributed by atoms with E-state index < -0.39 is 0 Å². The lowest BCUT2D eigenvalue weighted by molar-refractivity contribution is -0.149. The van der Waals surface area contributed by atoms with Crippen LogP contribution in [0.25, 0.3) is 16.9 Å². The Balaban J connectivity index is 1.61. The van der Waals surface area contributed by atoms with E-state index >= 15 is 0 Å². The molecule has 2 heterocycles. The molecule has 2 aromatic carbocycles. The molecular formula is C24H24FN3O3. The van der Waals surface area contributed by atoms with Gasteiger partial charge >= 0.3 is 5.97 Å². The molecule has 0 bridgehead atoms. The smallest absolute Gasteiger partial charge is 0.309 e. The number of hydrogen-bond donors (Lipinski definition) is 0. The van der Waals surface area contributed by atoms with Crippen molar-refractivity contribution in [1.29, 1.82) is 0 Å². The fraction of sp³-hybridized carbons (Fsp3) is 0.292. The van der Waals surface area contributed by atoms with E-state index in [1.54, 1.807) is 34.7 Å². The lowest BCUT2D eigenvalue weighted by Gasteiger charge is -2.30. The third kappa shape index (κ3) is 4.50. The van der Waals surface area contributed by atoms with Gasteiger partial charge in [-0.05, 0) is 62.2 Å². The molecule has 160 valence electrons. The van der Waals surface area contributed by atoms with Crippen molar-refractivity contribution in [3.63, 3.8) is 0 Å². The maximum absolute atomic E-state index is 13.4. The topological polar surface area (TPSA) is 64.4 Å². The predicted molar refractivity (Wildman–Crippen MR) is 114 cm³/mol. The number of carbonyl (C=O) groups is 2. The van der Waals surface area contributed by atoms with Gasteiger partial charge in [-0.1, -0.05) is 18.2 Å². The van der Waals surface area contributed by atoms with Crippen molar-refractivity contribution in [3.05, 3.63) is 72.2 Å². The van der Waals surface area contributed by atoms with Gasteiger partial charge in [0.15, 0.2) is 0 Å². The molecule has 1 aliphatic heterocycles.